The molecule has 1 aromatic heterocycles. The van der Waals surface area contributed by atoms with Crippen molar-refractivity contribution in [3.8, 4) is 5.75 Å². The van der Waals surface area contributed by atoms with Crippen molar-refractivity contribution in [2.24, 2.45) is 4.99 Å². The van der Waals surface area contributed by atoms with Crippen molar-refractivity contribution in [1.29, 1.82) is 0 Å². The zero-order valence-corrected chi connectivity index (χ0v) is 15.7. The monoisotopic (exact) mass is 423 g/mol. The van der Waals surface area contributed by atoms with Crippen LogP contribution in [0.4, 0.5) is 0 Å². The molecule has 0 N–H and O–H groups in total. The average Bonchev–Trinajstić information content (AvgIpc) is 3.31. The Morgan fingerprint density at radius 1 is 1.07 bits per heavy atom. The predicted molar refractivity (Wildman–Crippen MR) is 104 cm³/mol. The highest BCUT2D eigenvalue weighted by Gasteiger charge is 2.25. The Labute approximate surface area is 164 Å². The van der Waals surface area contributed by atoms with Gasteiger partial charge in [-0.15, -0.1) is 0 Å². The van der Waals surface area contributed by atoms with Crippen molar-refractivity contribution in [2.75, 3.05) is 0 Å². The normalized spacial score (nSPS) is 14.9. The van der Waals surface area contributed by atoms with E-state index in [1.807, 2.05) is 48.5 Å². The Bertz CT molecular complexity index is 1040. The van der Waals surface area contributed by atoms with E-state index in [1.54, 1.807) is 18.2 Å². The van der Waals surface area contributed by atoms with Crippen LogP contribution >= 0.6 is 15.9 Å². The van der Waals surface area contributed by atoms with Crippen molar-refractivity contribution < 1.29 is 18.7 Å². The maximum atomic E-state index is 12.0. The second kappa shape index (κ2) is 7.63. The summed E-state index contributed by atoms with van der Waals surface area (Å²) in [5, 5.41) is 0. The maximum Gasteiger partial charge on any atom is 0.363 e. The third-order valence-electron chi connectivity index (χ3n) is 3.81. The first-order valence-electron chi connectivity index (χ1n) is 8.21. The van der Waals surface area contributed by atoms with Gasteiger partial charge in [-0.3, -0.25) is 0 Å². The maximum absolute atomic E-state index is 12.0. The minimum Gasteiger partial charge on any atom is -0.489 e. The van der Waals surface area contributed by atoms with E-state index in [9.17, 15) is 4.79 Å². The molecule has 0 saturated heterocycles. The molecule has 2 heterocycles. The molecular weight excluding hydrogens is 410 g/mol. The SMILES string of the molecule is O=C1OC(c2ccco2)=N/C1=C\c1cccc(OCc2cccc(Br)c2)c1. The van der Waals surface area contributed by atoms with E-state index < -0.39 is 5.97 Å². The number of esters is 1. The topological polar surface area (TPSA) is 61.0 Å². The summed E-state index contributed by atoms with van der Waals surface area (Å²) in [6, 6.07) is 18.8. The van der Waals surface area contributed by atoms with E-state index in [0.29, 0.717) is 18.1 Å². The number of furan rings is 1. The van der Waals surface area contributed by atoms with Gasteiger partial charge in [0.15, 0.2) is 11.5 Å². The summed E-state index contributed by atoms with van der Waals surface area (Å²) in [5.74, 6) is 0.768. The van der Waals surface area contributed by atoms with Crippen LogP contribution in [0.1, 0.15) is 16.9 Å². The Balaban J connectivity index is 1.50. The van der Waals surface area contributed by atoms with Crippen molar-refractivity contribution in [3.05, 3.63) is 94.0 Å². The lowest BCUT2D eigenvalue weighted by atomic mass is 10.2. The highest BCUT2D eigenvalue weighted by molar-refractivity contribution is 9.10. The molecule has 4 rings (SSSR count). The van der Waals surface area contributed by atoms with E-state index in [-0.39, 0.29) is 11.6 Å². The molecule has 0 amide bonds. The van der Waals surface area contributed by atoms with Crippen LogP contribution in [-0.4, -0.2) is 11.9 Å². The van der Waals surface area contributed by atoms with Crippen LogP contribution in [0.2, 0.25) is 0 Å². The second-order valence-electron chi connectivity index (χ2n) is 5.80. The van der Waals surface area contributed by atoms with Gasteiger partial charge in [0, 0.05) is 4.47 Å². The number of carbonyl (C=O) groups is 1. The summed E-state index contributed by atoms with van der Waals surface area (Å²) in [6.45, 7) is 0.447. The minimum atomic E-state index is -0.512. The standard InChI is InChI=1S/C21H14BrNO4/c22-16-6-1-5-15(10-16)13-26-17-7-2-4-14(11-17)12-18-21(24)27-20(23-18)19-8-3-9-25-19/h1-12H,13H2/b18-12-. The van der Waals surface area contributed by atoms with Gasteiger partial charge in [-0.05, 0) is 53.6 Å². The lowest BCUT2D eigenvalue weighted by molar-refractivity contribution is -0.130. The molecule has 27 heavy (non-hydrogen) atoms. The highest BCUT2D eigenvalue weighted by Crippen LogP contribution is 2.22. The fourth-order valence-corrected chi connectivity index (χ4v) is 3.01. The largest absolute Gasteiger partial charge is 0.489 e. The van der Waals surface area contributed by atoms with Gasteiger partial charge in [0.05, 0.1) is 6.26 Å². The number of carbonyl (C=O) groups excluding carboxylic acids is 1. The number of nitrogens with zero attached hydrogens (tertiary/aromatic N) is 1. The summed E-state index contributed by atoms with van der Waals surface area (Å²) in [5.41, 5.74) is 2.06. The number of aliphatic imine (C=N–C) groups is 1. The number of rotatable bonds is 5. The molecule has 134 valence electrons. The molecular formula is C21H14BrNO4. The molecule has 1 aliphatic rings. The van der Waals surface area contributed by atoms with Crippen LogP contribution in [0.5, 0.6) is 5.75 Å². The van der Waals surface area contributed by atoms with Crippen molar-refractivity contribution in [3.63, 3.8) is 0 Å². The summed E-state index contributed by atoms with van der Waals surface area (Å²) >= 11 is 3.45. The number of hydrogen-bond donors (Lipinski definition) is 0. The lowest BCUT2D eigenvalue weighted by Gasteiger charge is -2.07. The third kappa shape index (κ3) is 4.17. The molecule has 6 heteroatoms. The third-order valence-corrected chi connectivity index (χ3v) is 4.30. The summed E-state index contributed by atoms with van der Waals surface area (Å²) in [4.78, 5) is 16.2. The number of hydrogen-bond acceptors (Lipinski definition) is 5. The zero-order chi connectivity index (χ0) is 18.6. The predicted octanol–water partition coefficient (Wildman–Crippen LogP) is 4.97. The molecule has 0 unspecified atom stereocenters. The fourth-order valence-electron chi connectivity index (χ4n) is 2.56. The van der Waals surface area contributed by atoms with Gasteiger partial charge in [0.2, 0.25) is 0 Å². The van der Waals surface area contributed by atoms with Crippen LogP contribution in [-0.2, 0) is 16.1 Å². The lowest BCUT2D eigenvalue weighted by Crippen LogP contribution is -2.04. The first kappa shape index (κ1) is 17.3. The number of halogens is 1. The van der Waals surface area contributed by atoms with E-state index >= 15 is 0 Å². The van der Waals surface area contributed by atoms with Crippen LogP contribution < -0.4 is 4.74 Å². The molecule has 0 saturated carbocycles. The Morgan fingerprint density at radius 2 is 1.96 bits per heavy atom. The zero-order valence-electron chi connectivity index (χ0n) is 14.1. The highest BCUT2D eigenvalue weighted by atomic mass is 79.9. The van der Waals surface area contributed by atoms with Gasteiger partial charge in [0.1, 0.15) is 12.4 Å². The molecule has 5 nitrogen and oxygen atoms in total. The molecule has 0 spiro atoms. The average molecular weight is 424 g/mol. The molecule has 0 bridgehead atoms. The van der Waals surface area contributed by atoms with Crippen molar-refractivity contribution >= 4 is 33.9 Å². The molecule has 0 radical (unpaired) electrons. The van der Waals surface area contributed by atoms with Gasteiger partial charge in [0.25, 0.3) is 5.90 Å². The second-order valence-corrected chi connectivity index (χ2v) is 6.72. The molecule has 3 aromatic rings. The Kier molecular flexibility index (Phi) is 4.89. The molecule has 0 atom stereocenters. The number of benzene rings is 2. The molecule has 0 aliphatic carbocycles. The molecule has 2 aromatic carbocycles. The van der Waals surface area contributed by atoms with E-state index in [2.05, 4.69) is 20.9 Å². The first-order valence-corrected chi connectivity index (χ1v) is 9.00. The van der Waals surface area contributed by atoms with Gasteiger partial charge in [-0.1, -0.05) is 40.2 Å². The Hall–Kier alpha value is -3.12. The molecule has 0 fully saturated rings. The number of cyclic esters (lactones) is 1. The van der Waals surface area contributed by atoms with Crippen LogP contribution in [0.25, 0.3) is 6.08 Å². The van der Waals surface area contributed by atoms with Crippen LogP contribution in [0, 0.1) is 0 Å². The van der Waals surface area contributed by atoms with E-state index in [4.69, 9.17) is 13.9 Å². The van der Waals surface area contributed by atoms with Gasteiger partial charge in [-0.25, -0.2) is 9.79 Å². The molecule has 1 aliphatic heterocycles. The van der Waals surface area contributed by atoms with Crippen LogP contribution in [0.3, 0.4) is 0 Å². The van der Waals surface area contributed by atoms with E-state index in [0.717, 1.165) is 15.6 Å². The fraction of sp³-hybridized carbons (Fsp3) is 0.0476. The van der Waals surface area contributed by atoms with Gasteiger partial charge in [-0.2, -0.15) is 0 Å². The first-order chi connectivity index (χ1) is 13.2. The summed E-state index contributed by atoms with van der Waals surface area (Å²) in [6.07, 6.45) is 3.16. The smallest absolute Gasteiger partial charge is 0.363 e. The van der Waals surface area contributed by atoms with E-state index in [1.165, 1.54) is 6.26 Å². The van der Waals surface area contributed by atoms with Crippen LogP contribution in [0.15, 0.2) is 86.5 Å². The minimum absolute atomic E-state index is 0.165. The summed E-state index contributed by atoms with van der Waals surface area (Å²) < 4.78 is 17.2. The van der Waals surface area contributed by atoms with Gasteiger partial charge < -0.3 is 13.9 Å². The quantitative estimate of drug-likeness (QED) is 0.429. The van der Waals surface area contributed by atoms with Crippen molar-refractivity contribution in [2.45, 2.75) is 6.61 Å². The Morgan fingerprint density at radius 3 is 2.78 bits per heavy atom. The summed E-state index contributed by atoms with van der Waals surface area (Å²) in [7, 11) is 0. The number of ether oxygens (including phenoxy) is 2. The van der Waals surface area contributed by atoms with Crippen molar-refractivity contribution in [1.82, 2.24) is 0 Å². The van der Waals surface area contributed by atoms with Gasteiger partial charge >= 0.3 is 5.97 Å².